The van der Waals surface area contributed by atoms with Gasteiger partial charge in [0, 0.05) is 74.5 Å². The predicted molar refractivity (Wildman–Crippen MR) is 168 cm³/mol. The van der Waals surface area contributed by atoms with E-state index in [1.165, 1.54) is 5.69 Å². The Morgan fingerprint density at radius 1 is 0.814 bits per heavy atom. The van der Waals surface area contributed by atoms with Gasteiger partial charge in [-0.1, -0.05) is 48.5 Å². The van der Waals surface area contributed by atoms with Crippen LogP contribution in [0.2, 0.25) is 0 Å². The minimum Gasteiger partial charge on any atom is -0.368 e. The molecule has 0 saturated carbocycles. The first kappa shape index (κ1) is 28.0. The lowest BCUT2D eigenvalue weighted by molar-refractivity contribution is -0.131. The van der Waals surface area contributed by atoms with Gasteiger partial charge >= 0.3 is 0 Å². The zero-order valence-electron chi connectivity index (χ0n) is 24.3. The molecule has 2 amide bonds. The quantitative estimate of drug-likeness (QED) is 0.262. The molecule has 5 aromatic rings. The molecular formula is C34H35N7O2. The molecule has 218 valence electrons. The van der Waals surface area contributed by atoms with Gasteiger partial charge in [-0.2, -0.15) is 5.10 Å². The molecular weight excluding hydrogens is 538 g/mol. The number of hydrogen-bond acceptors (Lipinski definition) is 5. The van der Waals surface area contributed by atoms with Gasteiger partial charge < -0.3 is 9.80 Å². The third kappa shape index (κ3) is 6.67. The fourth-order valence-corrected chi connectivity index (χ4v) is 5.44. The first-order chi connectivity index (χ1) is 21.0. The van der Waals surface area contributed by atoms with E-state index in [4.69, 9.17) is 4.98 Å². The number of carbonyl (C=O) groups excluding carboxylic acids is 2. The molecule has 0 spiro atoms. The van der Waals surface area contributed by atoms with Crippen LogP contribution in [0.4, 0.5) is 11.6 Å². The van der Waals surface area contributed by atoms with Crippen molar-refractivity contribution in [3.05, 3.63) is 115 Å². The first-order valence-corrected chi connectivity index (χ1v) is 14.7. The van der Waals surface area contributed by atoms with E-state index in [0.29, 0.717) is 30.8 Å². The van der Waals surface area contributed by atoms with Gasteiger partial charge in [-0.3, -0.25) is 24.2 Å². The van der Waals surface area contributed by atoms with Crippen LogP contribution in [0.15, 0.2) is 104 Å². The summed E-state index contributed by atoms with van der Waals surface area (Å²) in [7, 11) is 1.87. The van der Waals surface area contributed by atoms with Crippen LogP contribution >= 0.6 is 0 Å². The van der Waals surface area contributed by atoms with Crippen molar-refractivity contribution >= 4 is 23.5 Å². The second kappa shape index (κ2) is 12.8. The molecule has 0 radical (unpaired) electrons. The van der Waals surface area contributed by atoms with Crippen molar-refractivity contribution in [2.24, 2.45) is 7.05 Å². The highest BCUT2D eigenvalue weighted by Crippen LogP contribution is 2.23. The Kier molecular flexibility index (Phi) is 8.31. The highest BCUT2D eigenvalue weighted by molar-refractivity contribution is 6.04. The van der Waals surface area contributed by atoms with Gasteiger partial charge in [-0.25, -0.2) is 4.98 Å². The number of aryl methyl sites for hydroxylation is 2. The number of carbonyl (C=O) groups is 2. The van der Waals surface area contributed by atoms with Gasteiger partial charge in [0.05, 0.1) is 11.9 Å². The van der Waals surface area contributed by atoms with Gasteiger partial charge in [0.1, 0.15) is 0 Å². The number of benzene rings is 3. The number of piperazine rings is 1. The molecule has 1 aliphatic heterocycles. The van der Waals surface area contributed by atoms with Crippen LogP contribution < -0.4 is 10.2 Å². The molecule has 0 bridgehead atoms. The smallest absolute Gasteiger partial charge is 0.258 e. The van der Waals surface area contributed by atoms with Gasteiger partial charge in [0.25, 0.3) is 5.91 Å². The maximum Gasteiger partial charge on any atom is 0.258 e. The topological polar surface area (TPSA) is 88.3 Å². The summed E-state index contributed by atoms with van der Waals surface area (Å²) in [6, 6.07) is 27.6. The summed E-state index contributed by atoms with van der Waals surface area (Å²) in [5.41, 5.74) is 5.31. The predicted octanol–water partition coefficient (Wildman–Crippen LogP) is 5.20. The van der Waals surface area contributed by atoms with Crippen LogP contribution in [-0.4, -0.2) is 62.2 Å². The van der Waals surface area contributed by atoms with E-state index in [-0.39, 0.29) is 11.8 Å². The van der Waals surface area contributed by atoms with E-state index in [0.717, 1.165) is 48.7 Å². The zero-order chi connectivity index (χ0) is 29.6. The van der Waals surface area contributed by atoms with Crippen LogP contribution in [0.3, 0.4) is 0 Å². The lowest BCUT2D eigenvalue weighted by Crippen LogP contribution is -2.48. The lowest BCUT2D eigenvalue weighted by atomic mass is 10.1. The first-order valence-electron chi connectivity index (χ1n) is 14.7. The Morgan fingerprint density at radius 3 is 2.23 bits per heavy atom. The van der Waals surface area contributed by atoms with Gasteiger partial charge in [-0.15, -0.1) is 0 Å². The fraction of sp³-hybridized carbons (Fsp3) is 0.235. The summed E-state index contributed by atoms with van der Waals surface area (Å²) in [6.45, 7) is 3.14. The maximum atomic E-state index is 13.3. The molecule has 3 heterocycles. The molecule has 0 atom stereocenters. The third-order valence-electron chi connectivity index (χ3n) is 7.76. The number of hydrogen-bond donors (Lipinski definition) is 1. The fourth-order valence-electron chi connectivity index (χ4n) is 5.44. The van der Waals surface area contributed by atoms with Crippen LogP contribution in [-0.2, 0) is 18.3 Å². The van der Waals surface area contributed by atoms with Crippen LogP contribution in [0, 0.1) is 0 Å². The molecule has 43 heavy (non-hydrogen) atoms. The number of para-hydroxylation sites is 2. The normalized spacial score (nSPS) is 13.2. The molecule has 9 nitrogen and oxygen atoms in total. The average molecular weight is 574 g/mol. The second-order valence-corrected chi connectivity index (χ2v) is 10.8. The van der Waals surface area contributed by atoms with E-state index in [1.54, 1.807) is 16.9 Å². The van der Waals surface area contributed by atoms with E-state index < -0.39 is 0 Å². The number of nitrogens with zero attached hydrogens (tertiary/aromatic N) is 6. The molecule has 0 unspecified atom stereocenters. The van der Waals surface area contributed by atoms with Crippen molar-refractivity contribution in [1.29, 1.82) is 0 Å². The number of amides is 2. The Bertz CT molecular complexity index is 1690. The minimum absolute atomic E-state index is 0.178. The Morgan fingerprint density at radius 2 is 1.53 bits per heavy atom. The number of nitrogens with one attached hydrogen (secondary N) is 1. The Balaban J connectivity index is 1.10. The van der Waals surface area contributed by atoms with Crippen molar-refractivity contribution in [3.8, 4) is 16.8 Å². The number of rotatable bonds is 9. The standard InChI is InChI=1S/C34H35N7O2/c1-38-24-28(23-35-38)26-10-8-11-27(22-26)33(43)37-34-36-29(25-41(34)31-15-6-3-7-16-31)12-9-17-32(42)40-20-18-39(19-21-40)30-13-4-2-5-14-30/h2-8,10-11,13-16,22-25H,9,12,17-21H2,1H3,(H,36,37,43). The molecule has 9 heteroatoms. The largest absolute Gasteiger partial charge is 0.368 e. The maximum absolute atomic E-state index is 13.3. The number of imidazole rings is 1. The van der Waals surface area contributed by atoms with Gasteiger partial charge in [0.15, 0.2) is 0 Å². The average Bonchev–Trinajstić information content (AvgIpc) is 3.68. The molecule has 1 aliphatic rings. The molecule has 6 rings (SSSR count). The van der Waals surface area contributed by atoms with E-state index in [1.807, 2.05) is 95.6 Å². The highest BCUT2D eigenvalue weighted by Gasteiger charge is 2.21. The summed E-state index contributed by atoms with van der Waals surface area (Å²) in [5, 5.41) is 7.25. The van der Waals surface area contributed by atoms with E-state index in [9.17, 15) is 9.59 Å². The summed E-state index contributed by atoms with van der Waals surface area (Å²) in [6.07, 6.45) is 7.42. The molecule has 0 aliphatic carbocycles. The molecule has 2 aromatic heterocycles. The minimum atomic E-state index is -0.245. The van der Waals surface area contributed by atoms with E-state index in [2.05, 4.69) is 27.4 Å². The van der Waals surface area contributed by atoms with Crippen molar-refractivity contribution in [3.63, 3.8) is 0 Å². The summed E-state index contributed by atoms with van der Waals surface area (Å²) in [5.74, 6) is 0.378. The Hall–Kier alpha value is -5.18. The van der Waals surface area contributed by atoms with Gasteiger partial charge in [0.2, 0.25) is 11.9 Å². The Labute approximate surface area is 251 Å². The van der Waals surface area contributed by atoms with Crippen molar-refractivity contribution in [2.45, 2.75) is 19.3 Å². The molecule has 1 N–H and O–H groups in total. The molecule has 1 saturated heterocycles. The van der Waals surface area contributed by atoms with Crippen molar-refractivity contribution in [2.75, 3.05) is 36.4 Å². The van der Waals surface area contributed by atoms with Crippen molar-refractivity contribution < 1.29 is 9.59 Å². The number of aromatic nitrogens is 4. The monoisotopic (exact) mass is 573 g/mol. The lowest BCUT2D eigenvalue weighted by Gasteiger charge is -2.36. The van der Waals surface area contributed by atoms with Crippen molar-refractivity contribution in [1.82, 2.24) is 24.2 Å². The zero-order valence-corrected chi connectivity index (χ0v) is 24.3. The van der Waals surface area contributed by atoms with Crippen LogP contribution in [0.1, 0.15) is 28.9 Å². The summed E-state index contributed by atoms with van der Waals surface area (Å²) in [4.78, 5) is 35.4. The summed E-state index contributed by atoms with van der Waals surface area (Å²) >= 11 is 0. The SMILES string of the molecule is Cn1cc(-c2cccc(C(=O)Nc3nc(CCCC(=O)N4CCN(c5ccccc5)CC4)cn3-c3ccccc3)c2)cn1. The molecule has 1 fully saturated rings. The molecule has 3 aromatic carbocycles. The van der Waals surface area contributed by atoms with Crippen LogP contribution in [0.25, 0.3) is 16.8 Å². The van der Waals surface area contributed by atoms with Crippen LogP contribution in [0.5, 0.6) is 0 Å². The third-order valence-corrected chi connectivity index (χ3v) is 7.76. The van der Waals surface area contributed by atoms with Gasteiger partial charge in [-0.05, 0) is 54.8 Å². The highest BCUT2D eigenvalue weighted by atomic mass is 16.2. The van der Waals surface area contributed by atoms with E-state index >= 15 is 0 Å². The summed E-state index contributed by atoms with van der Waals surface area (Å²) < 4.78 is 3.63. The number of anilines is 2. The second-order valence-electron chi connectivity index (χ2n) is 10.8.